The van der Waals surface area contributed by atoms with Crippen molar-refractivity contribution in [2.45, 2.75) is 26.1 Å². The number of ether oxygens (including phenoxy) is 1. The molecule has 84 valence electrons. The second-order valence-electron chi connectivity index (χ2n) is 3.92. The van der Waals surface area contributed by atoms with Crippen molar-refractivity contribution in [2.75, 3.05) is 0 Å². The Bertz CT molecular complexity index is 448. The van der Waals surface area contributed by atoms with Gasteiger partial charge in [-0.1, -0.05) is 17.7 Å². The van der Waals surface area contributed by atoms with Crippen LogP contribution in [0, 0.1) is 6.92 Å². The highest BCUT2D eigenvalue weighted by Crippen LogP contribution is 2.29. The maximum atomic E-state index is 11.9. The van der Waals surface area contributed by atoms with Crippen molar-refractivity contribution < 1.29 is 14.6 Å². The Labute approximate surface area is 94.4 Å². The summed E-state index contributed by atoms with van der Waals surface area (Å²) >= 11 is 0. The van der Waals surface area contributed by atoms with E-state index in [4.69, 9.17) is 4.74 Å². The van der Waals surface area contributed by atoms with E-state index in [-0.39, 0.29) is 5.78 Å². The SMILES string of the molecule is C/C=C\C1Oc2ccc(C)cc2C(=O)C1O. The number of Topliss-reactive ketones (excluding diaryl/α,β-unsaturated/α-hetero) is 1. The van der Waals surface area contributed by atoms with Gasteiger partial charge in [0.25, 0.3) is 0 Å². The van der Waals surface area contributed by atoms with Crippen LogP contribution in [-0.4, -0.2) is 23.1 Å². The van der Waals surface area contributed by atoms with Crippen LogP contribution in [-0.2, 0) is 0 Å². The average Bonchev–Trinajstić information content (AvgIpc) is 2.27. The van der Waals surface area contributed by atoms with E-state index in [9.17, 15) is 9.90 Å². The van der Waals surface area contributed by atoms with Gasteiger partial charge >= 0.3 is 0 Å². The van der Waals surface area contributed by atoms with Gasteiger partial charge in [0.05, 0.1) is 5.56 Å². The number of benzene rings is 1. The van der Waals surface area contributed by atoms with Gasteiger partial charge in [-0.25, -0.2) is 0 Å². The van der Waals surface area contributed by atoms with Gasteiger partial charge in [0.1, 0.15) is 5.75 Å². The van der Waals surface area contributed by atoms with Gasteiger partial charge in [-0.15, -0.1) is 0 Å². The first-order valence-corrected chi connectivity index (χ1v) is 5.26. The molecule has 2 rings (SSSR count). The number of allylic oxidation sites excluding steroid dienone is 1. The number of ketones is 1. The van der Waals surface area contributed by atoms with Crippen molar-refractivity contribution in [3.8, 4) is 5.75 Å². The molecule has 0 radical (unpaired) electrons. The lowest BCUT2D eigenvalue weighted by atomic mass is 9.96. The predicted octanol–water partition coefficient (Wildman–Crippen LogP) is 1.88. The van der Waals surface area contributed by atoms with Gasteiger partial charge in [0.2, 0.25) is 0 Å². The summed E-state index contributed by atoms with van der Waals surface area (Å²) < 4.78 is 5.55. The van der Waals surface area contributed by atoms with Crippen molar-refractivity contribution in [2.24, 2.45) is 0 Å². The zero-order chi connectivity index (χ0) is 11.7. The summed E-state index contributed by atoms with van der Waals surface area (Å²) in [5.41, 5.74) is 1.45. The second-order valence-corrected chi connectivity index (χ2v) is 3.92. The fourth-order valence-corrected chi connectivity index (χ4v) is 1.79. The lowest BCUT2D eigenvalue weighted by molar-refractivity contribution is 0.0378. The Morgan fingerprint density at radius 3 is 2.88 bits per heavy atom. The van der Waals surface area contributed by atoms with Gasteiger partial charge in [-0.3, -0.25) is 4.79 Å². The van der Waals surface area contributed by atoms with E-state index >= 15 is 0 Å². The molecule has 0 bridgehead atoms. The number of hydrogen-bond donors (Lipinski definition) is 1. The van der Waals surface area contributed by atoms with E-state index in [1.54, 1.807) is 24.3 Å². The molecule has 0 aliphatic carbocycles. The zero-order valence-corrected chi connectivity index (χ0v) is 9.31. The Morgan fingerprint density at radius 2 is 2.19 bits per heavy atom. The van der Waals surface area contributed by atoms with Gasteiger partial charge in [-0.05, 0) is 32.1 Å². The molecule has 3 nitrogen and oxygen atoms in total. The van der Waals surface area contributed by atoms with Gasteiger partial charge < -0.3 is 9.84 Å². The van der Waals surface area contributed by atoms with Gasteiger partial charge in [0.15, 0.2) is 18.0 Å². The molecule has 1 aromatic carbocycles. The molecule has 2 atom stereocenters. The number of carbonyl (C=O) groups excluding carboxylic acids is 1. The third kappa shape index (κ3) is 1.74. The van der Waals surface area contributed by atoms with Crippen LogP contribution in [0.1, 0.15) is 22.8 Å². The minimum absolute atomic E-state index is 0.270. The first-order chi connectivity index (χ1) is 7.63. The van der Waals surface area contributed by atoms with Crippen molar-refractivity contribution >= 4 is 5.78 Å². The highest BCUT2D eigenvalue weighted by molar-refractivity contribution is 6.03. The van der Waals surface area contributed by atoms with Crippen LogP contribution < -0.4 is 4.74 Å². The maximum Gasteiger partial charge on any atom is 0.199 e. The third-order valence-electron chi connectivity index (χ3n) is 2.63. The summed E-state index contributed by atoms with van der Waals surface area (Å²) in [4.78, 5) is 11.9. The molecule has 1 N–H and O–H groups in total. The lowest BCUT2D eigenvalue weighted by Crippen LogP contribution is -2.41. The van der Waals surface area contributed by atoms with Gasteiger partial charge in [-0.2, -0.15) is 0 Å². The molecular weight excluding hydrogens is 204 g/mol. The largest absolute Gasteiger partial charge is 0.482 e. The molecule has 0 aromatic heterocycles. The molecule has 1 aromatic rings. The van der Waals surface area contributed by atoms with Crippen LogP contribution >= 0.6 is 0 Å². The Balaban J connectivity index is 2.44. The average molecular weight is 218 g/mol. The molecule has 1 aliphatic heterocycles. The van der Waals surface area contributed by atoms with Crippen molar-refractivity contribution in [1.29, 1.82) is 0 Å². The van der Waals surface area contributed by atoms with Crippen LogP contribution in [0.15, 0.2) is 30.4 Å². The fourth-order valence-electron chi connectivity index (χ4n) is 1.79. The first kappa shape index (κ1) is 10.9. The van der Waals surface area contributed by atoms with Crippen molar-refractivity contribution in [3.63, 3.8) is 0 Å². The fraction of sp³-hybridized carbons (Fsp3) is 0.308. The monoisotopic (exact) mass is 218 g/mol. The van der Waals surface area contributed by atoms with Crippen LogP contribution in [0.4, 0.5) is 0 Å². The van der Waals surface area contributed by atoms with Crippen molar-refractivity contribution in [3.05, 3.63) is 41.5 Å². The number of aliphatic hydroxyl groups is 1. The summed E-state index contributed by atoms with van der Waals surface area (Å²) in [7, 11) is 0. The van der Waals surface area contributed by atoms with E-state index in [0.717, 1.165) is 5.56 Å². The molecule has 2 unspecified atom stereocenters. The third-order valence-corrected chi connectivity index (χ3v) is 2.63. The Morgan fingerprint density at radius 1 is 1.44 bits per heavy atom. The first-order valence-electron chi connectivity index (χ1n) is 5.26. The van der Waals surface area contributed by atoms with Crippen LogP contribution in [0.25, 0.3) is 0 Å². The molecule has 3 heteroatoms. The molecule has 0 spiro atoms. The van der Waals surface area contributed by atoms with Crippen molar-refractivity contribution in [1.82, 2.24) is 0 Å². The molecule has 0 saturated carbocycles. The highest BCUT2D eigenvalue weighted by Gasteiger charge is 2.34. The van der Waals surface area contributed by atoms with E-state index < -0.39 is 12.2 Å². The highest BCUT2D eigenvalue weighted by atomic mass is 16.5. The van der Waals surface area contributed by atoms with Crippen LogP contribution in [0.3, 0.4) is 0 Å². The number of fused-ring (bicyclic) bond motifs is 1. The summed E-state index contributed by atoms with van der Waals surface area (Å²) in [6, 6.07) is 5.40. The Hall–Kier alpha value is -1.61. The molecule has 0 amide bonds. The zero-order valence-electron chi connectivity index (χ0n) is 9.31. The molecule has 1 aliphatic rings. The molecule has 0 saturated heterocycles. The number of aryl methyl sites for hydroxylation is 1. The maximum absolute atomic E-state index is 11.9. The topological polar surface area (TPSA) is 46.5 Å². The number of rotatable bonds is 1. The summed E-state index contributed by atoms with van der Waals surface area (Å²) in [5, 5.41) is 9.78. The molecule has 1 heterocycles. The van der Waals surface area contributed by atoms with Crippen LogP contribution in [0.2, 0.25) is 0 Å². The standard InChI is InChI=1S/C13H14O3/c1-3-4-11-13(15)12(14)9-7-8(2)5-6-10(9)16-11/h3-7,11,13,15H,1-2H3/b4-3-. The summed E-state index contributed by atoms with van der Waals surface area (Å²) in [6.07, 6.45) is 1.77. The molecule has 16 heavy (non-hydrogen) atoms. The summed E-state index contributed by atoms with van der Waals surface area (Å²) in [6.45, 7) is 3.73. The predicted molar refractivity (Wildman–Crippen MR) is 60.7 cm³/mol. The second kappa shape index (κ2) is 4.10. The lowest BCUT2D eigenvalue weighted by Gasteiger charge is -2.27. The number of carbonyl (C=O) groups is 1. The molecular formula is C13H14O3. The number of aliphatic hydroxyl groups excluding tert-OH is 1. The van der Waals surface area contributed by atoms with Gasteiger partial charge in [0, 0.05) is 0 Å². The van der Waals surface area contributed by atoms with E-state index in [0.29, 0.717) is 11.3 Å². The normalized spacial score (nSPS) is 24.3. The smallest absolute Gasteiger partial charge is 0.199 e. The summed E-state index contributed by atoms with van der Waals surface area (Å²) in [5.74, 6) is 0.275. The number of hydrogen-bond acceptors (Lipinski definition) is 3. The van der Waals surface area contributed by atoms with E-state index in [2.05, 4.69) is 0 Å². The minimum atomic E-state index is -1.11. The Kier molecular flexibility index (Phi) is 2.79. The van der Waals surface area contributed by atoms with E-state index in [1.807, 2.05) is 19.9 Å². The van der Waals surface area contributed by atoms with Crippen LogP contribution in [0.5, 0.6) is 5.75 Å². The minimum Gasteiger partial charge on any atom is -0.482 e. The quantitative estimate of drug-likeness (QED) is 0.732. The van der Waals surface area contributed by atoms with E-state index in [1.165, 1.54) is 0 Å². The molecule has 0 fully saturated rings.